The third kappa shape index (κ3) is 5.14. The van der Waals surface area contributed by atoms with Gasteiger partial charge in [-0.3, -0.25) is 9.59 Å². The number of aliphatic carboxylic acids is 1. The molecule has 100 valence electrons. The van der Waals surface area contributed by atoms with Gasteiger partial charge in [0.1, 0.15) is 5.41 Å². The number of hydrogen-bond acceptors (Lipinski definition) is 4. The largest absolute Gasteiger partial charge is 0.480 e. The molecule has 1 amide bonds. The topological polar surface area (TPSA) is 110 Å². The fraction of sp³-hybridized carbons (Fsp3) is 0.818. The molecule has 0 aliphatic rings. The van der Waals surface area contributed by atoms with Gasteiger partial charge in [0.15, 0.2) is 0 Å². The smallest absolute Gasteiger partial charge is 0.319 e. The Labute approximate surface area is 101 Å². The van der Waals surface area contributed by atoms with Crippen molar-refractivity contribution < 1.29 is 24.5 Å². The van der Waals surface area contributed by atoms with Crippen LogP contribution in [0.15, 0.2) is 0 Å². The van der Waals surface area contributed by atoms with E-state index in [0.717, 1.165) is 12.8 Å². The van der Waals surface area contributed by atoms with Gasteiger partial charge in [0.25, 0.3) is 0 Å². The van der Waals surface area contributed by atoms with E-state index in [1.807, 2.05) is 6.92 Å². The van der Waals surface area contributed by atoms with Crippen molar-refractivity contribution in [3.8, 4) is 0 Å². The summed E-state index contributed by atoms with van der Waals surface area (Å²) in [4.78, 5) is 22.0. The summed E-state index contributed by atoms with van der Waals surface area (Å²) in [5, 5.41) is 18.5. The Kier molecular flexibility index (Phi) is 6.75. The summed E-state index contributed by atoms with van der Waals surface area (Å²) in [6, 6.07) is 0. The fourth-order valence-electron chi connectivity index (χ4n) is 1.29. The summed E-state index contributed by atoms with van der Waals surface area (Å²) < 4.78 is 5.15. The molecule has 0 aliphatic carbocycles. The zero-order chi connectivity index (χ0) is 13.5. The number of primary amides is 1. The van der Waals surface area contributed by atoms with Crippen molar-refractivity contribution in [3.63, 3.8) is 0 Å². The fourth-order valence-corrected chi connectivity index (χ4v) is 1.29. The zero-order valence-corrected chi connectivity index (χ0v) is 10.3. The molecule has 0 bridgehead atoms. The second-order valence-corrected chi connectivity index (χ2v) is 4.29. The van der Waals surface area contributed by atoms with Crippen LogP contribution >= 0.6 is 0 Å². The molecular formula is C11H21NO5. The highest BCUT2D eigenvalue weighted by Crippen LogP contribution is 2.23. The molecule has 0 aromatic carbocycles. The number of carbonyl (C=O) groups is 2. The molecule has 2 atom stereocenters. The minimum atomic E-state index is -1.76. The SMILES string of the molecule is CCCCOCC(O)CC(C)(C(N)=O)C(=O)O. The van der Waals surface area contributed by atoms with Gasteiger partial charge in [-0.2, -0.15) is 0 Å². The van der Waals surface area contributed by atoms with Crippen LogP contribution in [-0.2, 0) is 14.3 Å². The third-order valence-corrected chi connectivity index (χ3v) is 2.61. The summed E-state index contributed by atoms with van der Waals surface area (Å²) in [5.41, 5.74) is 3.27. The highest BCUT2D eigenvalue weighted by Gasteiger charge is 2.41. The number of aliphatic hydroxyl groups is 1. The van der Waals surface area contributed by atoms with Crippen molar-refractivity contribution in [1.29, 1.82) is 0 Å². The second kappa shape index (κ2) is 7.24. The molecule has 0 aromatic rings. The van der Waals surface area contributed by atoms with E-state index in [9.17, 15) is 14.7 Å². The van der Waals surface area contributed by atoms with Crippen molar-refractivity contribution in [3.05, 3.63) is 0 Å². The van der Waals surface area contributed by atoms with Gasteiger partial charge in [0.05, 0.1) is 12.7 Å². The maximum Gasteiger partial charge on any atom is 0.319 e. The summed E-state index contributed by atoms with van der Waals surface area (Å²) in [6.45, 7) is 3.73. The van der Waals surface area contributed by atoms with Crippen LogP contribution in [0.5, 0.6) is 0 Å². The maximum absolute atomic E-state index is 11.1. The molecule has 0 saturated heterocycles. The lowest BCUT2D eigenvalue weighted by Gasteiger charge is -2.23. The summed E-state index contributed by atoms with van der Waals surface area (Å²) in [7, 11) is 0. The first-order valence-electron chi connectivity index (χ1n) is 5.63. The second-order valence-electron chi connectivity index (χ2n) is 4.29. The Hall–Kier alpha value is -1.14. The van der Waals surface area contributed by atoms with Gasteiger partial charge >= 0.3 is 5.97 Å². The zero-order valence-electron chi connectivity index (χ0n) is 10.3. The minimum Gasteiger partial charge on any atom is -0.480 e. The van der Waals surface area contributed by atoms with Crippen LogP contribution in [0.25, 0.3) is 0 Å². The lowest BCUT2D eigenvalue weighted by Crippen LogP contribution is -2.44. The molecule has 0 spiro atoms. The Morgan fingerprint density at radius 1 is 1.47 bits per heavy atom. The number of rotatable bonds is 9. The first kappa shape index (κ1) is 15.9. The van der Waals surface area contributed by atoms with E-state index >= 15 is 0 Å². The van der Waals surface area contributed by atoms with E-state index in [4.69, 9.17) is 15.6 Å². The number of aliphatic hydroxyl groups excluding tert-OH is 1. The summed E-state index contributed by atoms with van der Waals surface area (Å²) in [5.74, 6) is -2.30. The molecule has 0 rings (SSSR count). The van der Waals surface area contributed by atoms with Gasteiger partial charge in [-0.25, -0.2) is 0 Å². The highest BCUT2D eigenvalue weighted by atomic mass is 16.5. The molecule has 6 nitrogen and oxygen atoms in total. The highest BCUT2D eigenvalue weighted by molar-refractivity contribution is 6.00. The van der Waals surface area contributed by atoms with E-state index in [2.05, 4.69) is 0 Å². The van der Waals surface area contributed by atoms with Crippen LogP contribution < -0.4 is 5.73 Å². The van der Waals surface area contributed by atoms with Gasteiger partial charge in [0, 0.05) is 13.0 Å². The quantitative estimate of drug-likeness (QED) is 0.396. The Bertz CT molecular complexity index is 253. The monoisotopic (exact) mass is 247 g/mol. The maximum atomic E-state index is 11.1. The van der Waals surface area contributed by atoms with Gasteiger partial charge < -0.3 is 20.7 Å². The van der Waals surface area contributed by atoms with Crippen LogP contribution in [0, 0.1) is 5.41 Å². The average molecular weight is 247 g/mol. The number of unbranched alkanes of at least 4 members (excludes halogenated alkanes) is 1. The average Bonchev–Trinajstić information content (AvgIpc) is 2.23. The molecule has 0 saturated carbocycles. The number of ether oxygens (including phenoxy) is 1. The summed E-state index contributed by atoms with van der Waals surface area (Å²) in [6.07, 6.45) is 0.590. The minimum absolute atomic E-state index is 0.0101. The molecule has 2 unspecified atom stereocenters. The van der Waals surface area contributed by atoms with Crippen molar-refractivity contribution in [2.24, 2.45) is 11.1 Å². The Morgan fingerprint density at radius 3 is 2.47 bits per heavy atom. The van der Waals surface area contributed by atoms with E-state index in [1.165, 1.54) is 6.92 Å². The lowest BCUT2D eigenvalue weighted by molar-refractivity contribution is -0.156. The first-order valence-corrected chi connectivity index (χ1v) is 5.63. The molecule has 0 heterocycles. The van der Waals surface area contributed by atoms with Gasteiger partial charge in [-0.15, -0.1) is 0 Å². The van der Waals surface area contributed by atoms with Crippen LogP contribution in [0.4, 0.5) is 0 Å². The Balaban J connectivity index is 4.19. The summed E-state index contributed by atoms with van der Waals surface area (Å²) >= 11 is 0. The number of hydrogen-bond donors (Lipinski definition) is 3. The van der Waals surface area contributed by atoms with Crippen LogP contribution in [0.3, 0.4) is 0 Å². The normalized spacial score (nSPS) is 16.2. The number of carboxylic acid groups (broad SMARTS) is 1. The molecule has 4 N–H and O–H groups in total. The van der Waals surface area contributed by atoms with Gasteiger partial charge in [0.2, 0.25) is 5.91 Å². The van der Waals surface area contributed by atoms with Crippen molar-refractivity contribution in [1.82, 2.24) is 0 Å². The first-order chi connectivity index (χ1) is 7.84. The lowest BCUT2D eigenvalue weighted by atomic mass is 9.84. The predicted molar refractivity (Wildman–Crippen MR) is 61.3 cm³/mol. The van der Waals surface area contributed by atoms with E-state index in [1.54, 1.807) is 0 Å². The van der Waals surface area contributed by atoms with Crippen LogP contribution in [0.1, 0.15) is 33.1 Å². The number of nitrogens with two attached hydrogens (primary N) is 1. The van der Waals surface area contributed by atoms with Crippen molar-refractivity contribution in [2.45, 2.75) is 39.2 Å². The molecule has 0 aliphatic heterocycles. The van der Waals surface area contributed by atoms with Crippen LogP contribution in [-0.4, -0.2) is 41.4 Å². The molecule has 6 heteroatoms. The predicted octanol–water partition coefficient (Wildman–Crippen LogP) is 0.130. The molecule has 0 radical (unpaired) electrons. The number of carboxylic acids is 1. The molecule has 0 fully saturated rings. The van der Waals surface area contributed by atoms with E-state index in [-0.39, 0.29) is 13.0 Å². The van der Waals surface area contributed by atoms with Crippen molar-refractivity contribution >= 4 is 11.9 Å². The molecular weight excluding hydrogens is 226 g/mol. The molecule has 0 aromatic heterocycles. The Morgan fingerprint density at radius 2 is 2.06 bits per heavy atom. The van der Waals surface area contributed by atoms with E-state index < -0.39 is 23.4 Å². The van der Waals surface area contributed by atoms with Crippen molar-refractivity contribution in [2.75, 3.05) is 13.2 Å². The van der Waals surface area contributed by atoms with Gasteiger partial charge in [-0.1, -0.05) is 13.3 Å². The standard InChI is InChI=1S/C11H21NO5/c1-3-4-5-17-7-8(13)6-11(2,9(12)14)10(15)16/h8,13H,3-7H2,1-2H3,(H2,12,14)(H,15,16). The van der Waals surface area contributed by atoms with E-state index in [0.29, 0.717) is 6.61 Å². The number of carbonyl (C=O) groups excluding carboxylic acids is 1. The third-order valence-electron chi connectivity index (χ3n) is 2.61. The molecule has 17 heavy (non-hydrogen) atoms. The van der Waals surface area contributed by atoms with Crippen LogP contribution in [0.2, 0.25) is 0 Å². The number of amides is 1. The van der Waals surface area contributed by atoms with Gasteiger partial charge in [-0.05, 0) is 13.3 Å².